The molecule has 0 spiro atoms. The van der Waals surface area contributed by atoms with E-state index in [4.69, 9.17) is 0 Å². The van der Waals surface area contributed by atoms with Crippen molar-refractivity contribution in [3.63, 3.8) is 0 Å². The molecule has 0 saturated carbocycles. The number of aromatic nitrogens is 3. The van der Waals surface area contributed by atoms with E-state index < -0.39 is 0 Å². The van der Waals surface area contributed by atoms with Crippen molar-refractivity contribution in [2.75, 3.05) is 13.1 Å². The number of rotatable bonds is 3. The zero-order chi connectivity index (χ0) is 10.7. The maximum atomic E-state index is 4.22. The summed E-state index contributed by atoms with van der Waals surface area (Å²) in [5.74, 6) is 1.87. The molecule has 0 bridgehead atoms. The Balaban J connectivity index is 1.99. The molecule has 4 heteroatoms. The van der Waals surface area contributed by atoms with Gasteiger partial charge in [-0.3, -0.25) is 0 Å². The number of hydrogen-bond acceptors (Lipinski definition) is 3. The summed E-state index contributed by atoms with van der Waals surface area (Å²) in [5.41, 5.74) is 0. The van der Waals surface area contributed by atoms with Gasteiger partial charge < -0.3 is 9.88 Å². The van der Waals surface area contributed by atoms with E-state index in [9.17, 15) is 0 Å². The van der Waals surface area contributed by atoms with Gasteiger partial charge in [0.05, 0.1) is 0 Å². The Kier molecular flexibility index (Phi) is 3.36. The second kappa shape index (κ2) is 4.75. The maximum absolute atomic E-state index is 4.22. The van der Waals surface area contributed by atoms with Crippen molar-refractivity contribution < 1.29 is 0 Å². The third-order valence-electron chi connectivity index (χ3n) is 3.07. The molecule has 1 aliphatic heterocycles. The quantitative estimate of drug-likeness (QED) is 0.816. The Labute approximate surface area is 91.1 Å². The van der Waals surface area contributed by atoms with E-state index in [0.29, 0.717) is 6.04 Å². The molecule has 84 valence electrons. The third-order valence-corrected chi connectivity index (χ3v) is 3.07. The van der Waals surface area contributed by atoms with Crippen molar-refractivity contribution in [2.45, 2.75) is 39.2 Å². The molecule has 1 aliphatic rings. The SMILES string of the molecule is CC(C)n1cnnc1C[C@H]1CCCNC1. The second-order valence-corrected chi connectivity index (χ2v) is 4.66. The van der Waals surface area contributed by atoms with Crippen molar-refractivity contribution in [2.24, 2.45) is 5.92 Å². The Morgan fingerprint density at radius 3 is 3.13 bits per heavy atom. The molecule has 1 fully saturated rings. The van der Waals surface area contributed by atoms with Crippen molar-refractivity contribution in [3.05, 3.63) is 12.2 Å². The lowest BCUT2D eigenvalue weighted by molar-refractivity contribution is 0.363. The molecule has 1 saturated heterocycles. The van der Waals surface area contributed by atoms with Gasteiger partial charge in [-0.25, -0.2) is 0 Å². The van der Waals surface area contributed by atoms with Crippen LogP contribution in [0.2, 0.25) is 0 Å². The monoisotopic (exact) mass is 208 g/mol. The molecule has 1 atom stereocenters. The van der Waals surface area contributed by atoms with E-state index in [1.54, 1.807) is 0 Å². The van der Waals surface area contributed by atoms with E-state index in [-0.39, 0.29) is 0 Å². The molecule has 1 aromatic heterocycles. The Morgan fingerprint density at radius 2 is 2.47 bits per heavy atom. The zero-order valence-electron chi connectivity index (χ0n) is 9.61. The molecule has 2 heterocycles. The predicted molar refractivity (Wildman–Crippen MR) is 59.7 cm³/mol. The summed E-state index contributed by atoms with van der Waals surface area (Å²) in [6.07, 6.45) is 5.51. The molecule has 1 aromatic rings. The lowest BCUT2D eigenvalue weighted by atomic mass is 9.96. The molecular weight excluding hydrogens is 188 g/mol. The van der Waals surface area contributed by atoms with Gasteiger partial charge in [-0.1, -0.05) is 0 Å². The van der Waals surface area contributed by atoms with Crippen molar-refractivity contribution >= 4 is 0 Å². The van der Waals surface area contributed by atoms with Gasteiger partial charge in [0.25, 0.3) is 0 Å². The number of nitrogens with one attached hydrogen (secondary N) is 1. The molecule has 0 aromatic carbocycles. The van der Waals surface area contributed by atoms with Crippen molar-refractivity contribution in [1.29, 1.82) is 0 Å². The Bertz CT molecular complexity index is 299. The minimum atomic E-state index is 0.464. The van der Waals surface area contributed by atoms with Crippen LogP contribution in [-0.2, 0) is 6.42 Å². The average molecular weight is 208 g/mol. The van der Waals surface area contributed by atoms with Crippen LogP contribution >= 0.6 is 0 Å². The van der Waals surface area contributed by atoms with E-state index in [0.717, 1.165) is 24.7 Å². The van der Waals surface area contributed by atoms with Gasteiger partial charge in [0.15, 0.2) is 0 Å². The van der Waals surface area contributed by atoms with Crippen LogP contribution in [0.1, 0.15) is 38.6 Å². The minimum Gasteiger partial charge on any atom is -0.316 e. The Morgan fingerprint density at radius 1 is 1.60 bits per heavy atom. The van der Waals surface area contributed by atoms with E-state index in [1.165, 1.54) is 19.4 Å². The van der Waals surface area contributed by atoms with Gasteiger partial charge in [0.1, 0.15) is 12.2 Å². The van der Waals surface area contributed by atoms with Crippen LogP contribution in [0.5, 0.6) is 0 Å². The van der Waals surface area contributed by atoms with Gasteiger partial charge >= 0.3 is 0 Å². The number of nitrogens with zero attached hydrogens (tertiary/aromatic N) is 3. The van der Waals surface area contributed by atoms with E-state index in [2.05, 4.69) is 33.9 Å². The lowest BCUT2D eigenvalue weighted by Crippen LogP contribution is -2.31. The highest BCUT2D eigenvalue weighted by Crippen LogP contribution is 2.16. The molecule has 4 nitrogen and oxygen atoms in total. The van der Waals surface area contributed by atoms with Gasteiger partial charge in [-0.2, -0.15) is 0 Å². The summed E-state index contributed by atoms with van der Waals surface area (Å²) in [6.45, 7) is 6.65. The average Bonchev–Trinajstić information content (AvgIpc) is 2.67. The largest absolute Gasteiger partial charge is 0.316 e. The van der Waals surface area contributed by atoms with Crippen molar-refractivity contribution in [1.82, 2.24) is 20.1 Å². The number of hydrogen-bond donors (Lipinski definition) is 1. The van der Waals surface area contributed by atoms with E-state index >= 15 is 0 Å². The summed E-state index contributed by atoms with van der Waals surface area (Å²) in [5, 5.41) is 11.7. The van der Waals surface area contributed by atoms with Gasteiger partial charge in [0.2, 0.25) is 0 Å². The Hall–Kier alpha value is -0.900. The smallest absolute Gasteiger partial charge is 0.133 e. The second-order valence-electron chi connectivity index (χ2n) is 4.66. The fourth-order valence-electron chi connectivity index (χ4n) is 2.20. The number of piperidine rings is 1. The summed E-state index contributed by atoms with van der Waals surface area (Å²) in [6, 6.07) is 0.464. The van der Waals surface area contributed by atoms with Crippen LogP contribution < -0.4 is 5.32 Å². The first-order valence-electron chi connectivity index (χ1n) is 5.86. The summed E-state index contributed by atoms with van der Waals surface area (Å²) in [4.78, 5) is 0. The van der Waals surface area contributed by atoms with Gasteiger partial charge in [-0.05, 0) is 45.7 Å². The van der Waals surface area contributed by atoms with Crippen molar-refractivity contribution in [3.8, 4) is 0 Å². The highest BCUT2D eigenvalue weighted by atomic mass is 15.3. The van der Waals surface area contributed by atoms with Crippen LogP contribution in [0.3, 0.4) is 0 Å². The molecule has 1 N–H and O–H groups in total. The molecule has 0 amide bonds. The van der Waals surface area contributed by atoms with Crippen LogP contribution in [0.15, 0.2) is 6.33 Å². The molecule has 0 radical (unpaired) electrons. The molecule has 15 heavy (non-hydrogen) atoms. The maximum Gasteiger partial charge on any atom is 0.133 e. The zero-order valence-corrected chi connectivity index (χ0v) is 9.61. The molecule has 0 unspecified atom stereocenters. The molecular formula is C11H20N4. The molecule has 0 aliphatic carbocycles. The van der Waals surface area contributed by atoms with Crippen LogP contribution in [-0.4, -0.2) is 27.9 Å². The van der Waals surface area contributed by atoms with Crippen LogP contribution in [0.25, 0.3) is 0 Å². The normalized spacial score (nSPS) is 22.2. The van der Waals surface area contributed by atoms with Crippen LogP contribution in [0.4, 0.5) is 0 Å². The first-order valence-corrected chi connectivity index (χ1v) is 5.86. The van der Waals surface area contributed by atoms with Gasteiger partial charge in [-0.15, -0.1) is 10.2 Å². The topological polar surface area (TPSA) is 42.7 Å². The van der Waals surface area contributed by atoms with E-state index in [1.807, 2.05) is 6.33 Å². The minimum absolute atomic E-state index is 0.464. The highest BCUT2D eigenvalue weighted by Gasteiger charge is 2.17. The summed E-state index contributed by atoms with van der Waals surface area (Å²) in [7, 11) is 0. The third kappa shape index (κ3) is 2.56. The standard InChI is InChI=1S/C11H20N4/c1-9(2)15-8-13-14-11(15)6-10-4-3-5-12-7-10/h8-10,12H,3-7H2,1-2H3/t10-/m1/s1. The summed E-state index contributed by atoms with van der Waals surface area (Å²) < 4.78 is 2.18. The van der Waals surface area contributed by atoms with Gasteiger partial charge in [0, 0.05) is 12.5 Å². The fourth-order valence-corrected chi connectivity index (χ4v) is 2.20. The first-order chi connectivity index (χ1) is 7.27. The van der Waals surface area contributed by atoms with Crippen LogP contribution in [0, 0.1) is 5.92 Å². The highest BCUT2D eigenvalue weighted by molar-refractivity contribution is 4.91. The fraction of sp³-hybridized carbons (Fsp3) is 0.818. The summed E-state index contributed by atoms with van der Waals surface area (Å²) >= 11 is 0. The lowest BCUT2D eigenvalue weighted by Gasteiger charge is -2.22. The first kappa shape index (κ1) is 10.6. The molecule has 2 rings (SSSR count). The predicted octanol–water partition coefficient (Wildman–Crippen LogP) is 1.40.